The van der Waals surface area contributed by atoms with Crippen LogP contribution in [0.25, 0.3) is 0 Å². The van der Waals surface area contributed by atoms with Gasteiger partial charge in [-0.3, -0.25) is 4.79 Å². The minimum Gasteiger partial charge on any atom is -0.493 e. The molecule has 0 spiro atoms. The van der Waals surface area contributed by atoms with Crippen LogP contribution in [-0.2, 0) is 11.2 Å². The Morgan fingerprint density at radius 1 is 0.943 bits per heavy atom. The van der Waals surface area contributed by atoms with Crippen LogP contribution in [0.2, 0.25) is 5.02 Å². The Bertz CT molecular complexity index is 1230. The number of halogens is 1. The van der Waals surface area contributed by atoms with Crippen molar-refractivity contribution in [3.63, 3.8) is 0 Å². The molecular weight excluding hydrogens is 460 g/mol. The third-order valence-corrected chi connectivity index (χ3v) is 6.45. The van der Waals surface area contributed by atoms with Crippen LogP contribution in [0.15, 0.2) is 83.4 Å². The Labute approximate surface area is 211 Å². The van der Waals surface area contributed by atoms with Crippen LogP contribution in [0.5, 0.6) is 5.75 Å². The van der Waals surface area contributed by atoms with E-state index < -0.39 is 0 Å². The number of carbonyl (C=O) groups excluding carboxylic acids is 1. The van der Waals surface area contributed by atoms with E-state index in [2.05, 4.69) is 10.5 Å². The molecule has 0 bridgehead atoms. The van der Waals surface area contributed by atoms with E-state index >= 15 is 0 Å². The van der Waals surface area contributed by atoms with Crippen molar-refractivity contribution in [3.8, 4) is 5.75 Å². The molecule has 0 saturated carbocycles. The first kappa shape index (κ1) is 24.6. The Morgan fingerprint density at radius 2 is 1.57 bits per heavy atom. The van der Waals surface area contributed by atoms with Crippen molar-refractivity contribution in [3.05, 3.63) is 118 Å². The Kier molecular flexibility index (Phi) is 7.88. The van der Waals surface area contributed by atoms with E-state index in [-0.39, 0.29) is 17.9 Å². The minimum absolute atomic E-state index is 0.0547. The van der Waals surface area contributed by atoms with Crippen LogP contribution in [0.4, 0.5) is 0 Å². The third-order valence-electron chi connectivity index (χ3n) is 6.20. The lowest BCUT2D eigenvalue weighted by atomic mass is 9.96. The maximum atomic E-state index is 13.2. The molecule has 0 aliphatic rings. The summed E-state index contributed by atoms with van der Waals surface area (Å²) in [6, 6.07) is 24.9. The molecule has 6 heteroatoms. The molecule has 4 aromatic rings. The van der Waals surface area contributed by atoms with Crippen molar-refractivity contribution < 1.29 is 14.1 Å². The van der Waals surface area contributed by atoms with Crippen molar-refractivity contribution >= 4 is 17.5 Å². The Morgan fingerprint density at radius 3 is 2.20 bits per heavy atom. The fourth-order valence-corrected chi connectivity index (χ4v) is 4.19. The van der Waals surface area contributed by atoms with Crippen molar-refractivity contribution in [2.24, 2.45) is 0 Å². The highest BCUT2D eigenvalue weighted by atomic mass is 35.5. The van der Waals surface area contributed by atoms with Gasteiger partial charge in [0, 0.05) is 17.0 Å². The van der Waals surface area contributed by atoms with Gasteiger partial charge in [-0.05, 0) is 61.7 Å². The second-order valence-corrected chi connectivity index (χ2v) is 9.03. The number of aryl methyl sites for hydroxylation is 2. The summed E-state index contributed by atoms with van der Waals surface area (Å²) in [5.74, 6) is 1.20. The molecule has 0 aliphatic heterocycles. The molecule has 4 rings (SSSR count). The van der Waals surface area contributed by atoms with E-state index in [1.165, 1.54) is 0 Å². The molecule has 0 radical (unpaired) electrons. The molecule has 5 nitrogen and oxygen atoms in total. The quantitative estimate of drug-likeness (QED) is 0.289. The second-order valence-electron chi connectivity index (χ2n) is 8.60. The van der Waals surface area contributed by atoms with Gasteiger partial charge in [-0.25, -0.2) is 0 Å². The first-order valence-electron chi connectivity index (χ1n) is 11.7. The summed E-state index contributed by atoms with van der Waals surface area (Å²) in [5, 5.41) is 7.85. The van der Waals surface area contributed by atoms with E-state index in [0.717, 1.165) is 45.9 Å². The maximum Gasteiger partial charge on any atom is 0.228 e. The number of hydrogen-bond donors (Lipinski definition) is 1. The average Bonchev–Trinajstić information content (AvgIpc) is 3.20. The van der Waals surface area contributed by atoms with Crippen LogP contribution < -0.4 is 10.1 Å². The molecule has 0 saturated heterocycles. The van der Waals surface area contributed by atoms with Gasteiger partial charge in [0.25, 0.3) is 0 Å². The lowest BCUT2D eigenvalue weighted by Crippen LogP contribution is -2.32. The van der Waals surface area contributed by atoms with E-state index in [4.69, 9.17) is 20.9 Å². The first-order valence-corrected chi connectivity index (χ1v) is 12.1. The number of aromatic nitrogens is 1. The molecular formula is C29H29ClN2O3. The smallest absolute Gasteiger partial charge is 0.228 e. The molecule has 180 valence electrons. The van der Waals surface area contributed by atoms with Gasteiger partial charge < -0.3 is 14.6 Å². The highest BCUT2D eigenvalue weighted by Crippen LogP contribution is 2.26. The van der Waals surface area contributed by atoms with Crippen molar-refractivity contribution in [2.75, 3.05) is 6.61 Å². The van der Waals surface area contributed by atoms with E-state index in [1.807, 2.05) is 99.6 Å². The zero-order chi connectivity index (χ0) is 24.8. The number of nitrogens with zero attached hydrogens (tertiary/aromatic N) is 1. The monoisotopic (exact) mass is 488 g/mol. The highest BCUT2D eigenvalue weighted by Gasteiger charge is 2.22. The van der Waals surface area contributed by atoms with Gasteiger partial charge in [0.15, 0.2) is 0 Å². The predicted octanol–water partition coefficient (Wildman–Crippen LogP) is 6.58. The molecule has 35 heavy (non-hydrogen) atoms. The zero-order valence-corrected chi connectivity index (χ0v) is 20.9. The van der Waals surface area contributed by atoms with E-state index in [9.17, 15) is 4.79 Å². The van der Waals surface area contributed by atoms with Crippen LogP contribution in [0.3, 0.4) is 0 Å². The molecule has 1 heterocycles. The molecule has 3 aromatic carbocycles. The Balaban J connectivity index is 1.40. The number of nitrogens with one attached hydrogen (secondary N) is 1. The number of carbonyl (C=O) groups is 1. The van der Waals surface area contributed by atoms with Gasteiger partial charge in [-0.2, -0.15) is 0 Å². The predicted molar refractivity (Wildman–Crippen MR) is 138 cm³/mol. The number of rotatable bonds is 9. The Hall–Kier alpha value is -3.57. The van der Waals surface area contributed by atoms with Gasteiger partial charge in [0.05, 0.1) is 24.3 Å². The fraction of sp³-hybridized carbons (Fsp3) is 0.241. The summed E-state index contributed by atoms with van der Waals surface area (Å²) >= 11 is 6.08. The van der Waals surface area contributed by atoms with E-state index in [0.29, 0.717) is 11.6 Å². The molecule has 1 aromatic heterocycles. The summed E-state index contributed by atoms with van der Waals surface area (Å²) in [4.78, 5) is 13.2. The first-order chi connectivity index (χ1) is 16.9. The minimum atomic E-state index is -0.329. The van der Waals surface area contributed by atoms with Crippen molar-refractivity contribution in [1.29, 1.82) is 0 Å². The van der Waals surface area contributed by atoms with Gasteiger partial charge in [-0.1, -0.05) is 71.4 Å². The standard InChI is InChI=1S/C29H29ClN2O3/c1-19(22-11-15-26(16-12-22)34-18-17-27-20(2)32-35-21(27)3)29(33)31-28(23-7-5-4-6-8-23)24-9-13-25(30)14-10-24/h4-16,19,28H,17-18H2,1-3H3,(H,31,33). The van der Waals surface area contributed by atoms with Gasteiger partial charge in [0.2, 0.25) is 5.91 Å². The number of hydrogen-bond acceptors (Lipinski definition) is 4. The number of ether oxygens (including phenoxy) is 1. The SMILES string of the molecule is Cc1noc(C)c1CCOc1ccc(C(C)C(=O)NC(c2ccccc2)c2ccc(Cl)cc2)cc1. The summed E-state index contributed by atoms with van der Waals surface area (Å²) in [5.41, 5.74) is 4.89. The van der Waals surface area contributed by atoms with Crippen molar-refractivity contribution in [2.45, 2.75) is 39.2 Å². The normalized spacial score (nSPS) is 12.7. The second kappa shape index (κ2) is 11.2. The van der Waals surface area contributed by atoms with Gasteiger partial charge in [0.1, 0.15) is 11.5 Å². The summed E-state index contributed by atoms with van der Waals surface area (Å²) < 4.78 is 11.1. The van der Waals surface area contributed by atoms with Crippen LogP contribution in [0.1, 0.15) is 52.6 Å². The molecule has 1 N–H and O–H groups in total. The lowest BCUT2D eigenvalue weighted by Gasteiger charge is -2.22. The van der Waals surface area contributed by atoms with Crippen molar-refractivity contribution in [1.82, 2.24) is 10.5 Å². The molecule has 0 fully saturated rings. The molecule has 1 amide bonds. The van der Waals surface area contributed by atoms with Crippen LogP contribution in [0, 0.1) is 13.8 Å². The number of amides is 1. The fourth-order valence-electron chi connectivity index (χ4n) is 4.06. The molecule has 0 aliphatic carbocycles. The number of benzene rings is 3. The molecule has 2 unspecified atom stereocenters. The zero-order valence-electron chi connectivity index (χ0n) is 20.1. The molecule has 2 atom stereocenters. The average molecular weight is 489 g/mol. The third kappa shape index (κ3) is 6.11. The maximum absolute atomic E-state index is 13.2. The van der Waals surface area contributed by atoms with E-state index in [1.54, 1.807) is 0 Å². The van der Waals surface area contributed by atoms with Gasteiger partial charge in [-0.15, -0.1) is 0 Å². The van der Waals surface area contributed by atoms with Crippen LogP contribution in [-0.4, -0.2) is 17.7 Å². The summed E-state index contributed by atoms with van der Waals surface area (Å²) in [7, 11) is 0. The van der Waals surface area contributed by atoms with Gasteiger partial charge >= 0.3 is 0 Å². The highest BCUT2D eigenvalue weighted by molar-refractivity contribution is 6.30. The van der Waals surface area contributed by atoms with Crippen LogP contribution >= 0.6 is 11.6 Å². The topological polar surface area (TPSA) is 64.4 Å². The summed E-state index contributed by atoms with van der Waals surface area (Å²) in [6.45, 7) is 6.28. The largest absolute Gasteiger partial charge is 0.493 e. The lowest BCUT2D eigenvalue weighted by molar-refractivity contribution is -0.122. The summed E-state index contributed by atoms with van der Waals surface area (Å²) in [6.07, 6.45) is 0.729.